The Balaban J connectivity index is 1.74. The molecule has 1 N–H and O–H groups in total. The van der Waals surface area contributed by atoms with E-state index in [0.717, 1.165) is 11.8 Å². The second-order valence-corrected chi connectivity index (χ2v) is 10.2. The van der Waals surface area contributed by atoms with Gasteiger partial charge < -0.3 is 5.32 Å². The standard InChI is InChI=1S/C24H21ClFN3O3S/c1-15(16-7-9-18(26)10-8-16)29-22-12-19(13-23(33(2,31)32)20(22)14-27-29)28-24(30)11-17-5-3-4-6-21(17)25/h3-10,12-15H,11H2,1-2H3,(H,28,30). The zero-order valence-electron chi connectivity index (χ0n) is 17.9. The Labute approximate surface area is 195 Å². The predicted octanol–water partition coefficient (Wildman–Crippen LogP) is 5.02. The minimum Gasteiger partial charge on any atom is -0.326 e. The lowest BCUT2D eigenvalue weighted by molar-refractivity contribution is -0.115. The normalized spacial score (nSPS) is 12.6. The molecule has 1 unspecified atom stereocenters. The SMILES string of the molecule is CC(c1ccc(F)cc1)n1ncc2c(S(C)(=O)=O)cc(NC(=O)Cc3ccccc3Cl)cc21. The zero-order chi connectivity index (χ0) is 23.8. The Morgan fingerprint density at radius 2 is 1.85 bits per heavy atom. The van der Waals surface area contributed by atoms with Gasteiger partial charge in [0.2, 0.25) is 5.91 Å². The average Bonchev–Trinajstić information content (AvgIpc) is 3.18. The van der Waals surface area contributed by atoms with Crippen LogP contribution in [0.3, 0.4) is 0 Å². The molecule has 0 fully saturated rings. The van der Waals surface area contributed by atoms with E-state index >= 15 is 0 Å². The Morgan fingerprint density at radius 3 is 2.52 bits per heavy atom. The van der Waals surface area contributed by atoms with Crippen LogP contribution in [0, 0.1) is 5.82 Å². The van der Waals surface area contributed by atoms with Gasteiger partial charge in [-0.05, 0) is 48.4 Å². The number of fused-ring (bicyclic) bond motifs is 1. The van der Waals surface area contributed by atoms with Crippen LogP contribution in [-0.2, 0) is 21.1 Å². The molecule has 0 aliphatic heterocycles. The lowest BCUT2D eigenvalue weighted by atomic mass is 10.1. The molecular weight excluding hydrogens is 465 g/mol. The molecule has 4 aromatic rings. The maximum Gasteiger partial charge on any atom is 0.228 e. The van der Waals surface area contributed by atoms with Crippen LogP contribution in [0.1, 0.15) is 24.1 Å². The smallest absolute Gasteiger partial charge is 0.228 e. The van der Waals surface area contributed by atoms with Crippen LogP contribution in [0.25, 0.3) is 10.9 Å². The van der Waals surface area contributed by atoms with Gasteiger partial charge in [0.1, 0.15) is 5.82 Å². The highest BCUT2D eigenvalue weighted by molar-refractivity contribution is 7.91. The monoisotopic (exact) mass is 485 g/mol. The van der Waals surface area contributed by atoms with Gasteiger partial charge >= 0.3 is 0 Å². The topological polar surface area (TPSA) is 81.1 Å². The van der Waals surface area contributed by atoms with Crippen molar-refractivity contribution in [3.8, 4) is 0 Å². The zero-order valence-corrected chi connectivity index (χ0v) is 19.5. The van der Waals surface area contributed by atoms with Gasteiger partial charge in [0.15, 0.2) is 9.84 Å². The van der Waals surface area contributed by atoms with Gasteiger partial charge in [-0.2, -0.15) is 5.10 Å². The summed E-state index contributed by atoms with van der Waals surface area (Å²) < 4.78 is 40.0. The van der Waals surface area contributed by atoms with Gasteiger partial charge in [-0.3, -0.25) is 9.48 Å². The van der Waals surface area contributed by atoms with E-state index in [1.165, 1.54) is 24.4 Å². The molecule has 33 heavy (non-hydrogen) atoms. The van der Waals surface area contributed by atoms with E-state index in [9.17, 15) is 17.6 Å². The number of carbonyl (C=O) groups excluding carboxylic acids is 1. The number of hydrogen-bond donors (Lipinski definition) is 1. The van der Waals surface area contributed by atoms with Crippen molar-refractivity contribution in [3.63, 3.8) is 0 Å². The molecule has 9 heteroatoms. The number of nitrogens with zero attached hydrogens (tertiary/aromatic N) is 2. The second kappa shape index (κ2) is 8.96. The highest BCUT2D eigenvalue weighted by Gasteiger charge is 2.20. The summed E-state index contributed by atoms with van der Waals surface area (Å²) in [6.45, 7) is 1.88. The lowest BCUT2D eigenvalue weighted by Gasteiger charge is -2.15. The first-order valence-corrected chi connectivity index (χ1v) is 12.4. The first-order chi connectivity index (χ1) is 15.6. The number of hydrogen-bond acceptors (Lipinski definition) is 4. The highest BCUT2D eigenvalue weighted by atomic mass is 35.5. The van der Waals surface area contributed by atoms with Crippen molar-refractivity contribution in [1.82, 2.24) is 9.78 Å². The van der Waals surface area contributed by atoms with Crippen molar-refractivity contribution < 1.29 is 17.6 Å². The Hall–Kier alpha value is -3.23. The van der Waals surface area contributed by atoms with Crippen LogP contribution < -0.4 is 5.32 Å². The fourth-order valence-electron chi connectivity index (χ4n) is 3.70. The Bertz CT molecular complexity index is 1450. The molecule has 3 aromatic carbocycles. The van der Waals surface area contributed by atoms with E-state index in [-0.39, 0.29) is 29.1 Å². The van der Waals surface area contributed by atoms with Crippen LogP contribution in [0.2, 0.25) is 5.02 Å². The molecule has 0 aliphatic carbocycles. The fraction of sp³-hybridized carbons (Fsp3) is 0.167. The van der Waals surface area contributed by atoms with Gasteiger partial charge in [0, 0.05) is 22.4 Å². The van der Waals surface area contributed by atoms with E-state index in [0.29, 0.717) is 27.2 Å². The van der Waals surface area contributed by atoms with Gasteiger partial charge in [-0.1, -0.05) is 41.9 Å². The largest absolute Gasteiger partial charge is 0.326 e. The quantitative estimate of drug-likeness (QED) is 0.415. The first kappa shape index (κ1) is 22.9. The number of benzene rings is 3. The van der Waals surface area contributed by atoms with Crippen molar-refractivity contribution in [3.05, 3.63) is 88.8 Å². The summed E-state index contributed by atoms with van der Waals surface area (Å²) in [7, 11) is -3.61. The molecular formula is C24H21ClFN3O3S. The van der Waals surface area contributed by atoms with E-state index < -0.39 is 9.84 Å². The molecule has 0 saturated carbocycles. The number of sulfone groups is 1. The third-order valence-corrected chi connectivity index (χ3v) is 6.90. The maximum atomic E-state index is 13.3. The van der Waals surface area contributed by atoms with Gasteiger partial charge in [-0.15, -0.1) is 0 Å². The minimum absolute atomic E-state index is 0.0389. The molecule has 1 heterocycles. The molecule has 0 radical (unpaired) electrons. The molecule has 0 spiro atoms. The number of rotatable bonds is 6. The summed E-state index contributed by atoms with van der Waals surface area (Å²) in [5.74, 6) is -0.682. The molecule has 1 amide bonds. The summed E-state index contributed by atoms with van der Waals surface area (Å²) in [5, 5.41) is 8.09. The molecule has 4 rings (SSSR count). The van der Waals surface area contributed by atoms with Crippen molar-refractivity contribution in [1.29, 1.82) is 0 Å². The molecule has 1 atom stereocenters. The van der Waals surface area contributed by atoms with Gasteiger partial charge in [0.05, 0.1) is 29.1 Å². The van der Waals surface area contributed by atoms with E-state index in [2.05, 4.69) is 10.4 Å². The van der Waals surface area contributed by atoms with Crippen LogP contribution in [-0.4, -0.2) is 30.4 Å². The summed E-state index contributed by atoms with van der Waals surface area (Å²) in [4.78, 5) is 12.7. The summed E-state index contributed by atoms with van der Waals surface area (Å²) in [5.41, 5.74) is 2.32. The van der Waals surface area contributed by atoms with Gasteiger partial charge in [0.25, 0.3) is 0 Å². The summed E-state index contributed by atoms with van der Waals surface area (Å²) >= 11 is 6.15. The molecule has 6 nitrogen and oxygen atoms in total. The van der Waals surface area contributed by atoms with E-state index in [4.69, 9.17) is 11.6 Å². The summed E-state index contributed by atoms with van der Waals surface area (Å²) in [6.07, 6.45) is 2.64. The number of halogens is 2. The number of carbonyl (C=O) groups is 1. The fourth-order valence-corrected chi connectivity index (χ4v) is 4.80. The predicted molar refractivity (Wildman–Crippen MR) is 127 cm³/mol. The number of nitrogens with one attached hydrogen (secondary N) is 1. The molecule has 170 valence electrons. The lowest BCUT2D eigenvalue weighted by Crippen LogP contribution is -2.15. The Kier molecular flexibility index (Phi) is 6.23. The van der Waals surface area contributed by atoms with E-state index in [1.54, 1.807) is 47.1 Å². The summed E-state index contributed by atoms with van der Waals surface area (Å²) in [6, 6.07) is 15.9. The van der Waals surface area contributed by atoms with Crippen LogP contribution >= 0.6 is 11.6 Å². The third kappa shape index (κ3) is 4.91. The Morgan fingerprint density at radius 1 is 1.15 bits per heavy atom. The first-order valence-electron chi connectivity index (χ1n) is 10.1. The number of amides is 1. The molecule has 0 saturated heterocycles. The van der Waals surface area contributed by atoms with Crippen molar-refractivity contribution in [2.75, 3.05) is 11.6 Å². The highest BCUT2D eigenvalue weighted by Crippen LogP contribution is 2.31. The van der Waals surface area contributed by atoms with Crippen molar-refractivity contribution in [2.24, 2.45) is 0 Å². The average molecular weight is 486 g/mol. The van der Waals surface area contributed by atoms with Crippen molar-refractivity contribution in [2.45, 2.75) is 24.3 Å². The van der Waals surface area contributed by atoms with Crippen LogP contribution in [0.4, 0.5) is 10.1 Å². The molecule has 1 aromatic heterocycles. The maximum absolute atomic E-state index is 13.3. The van der Waals surface area contributed by atoms with Crippen LogP contribution in [0.15, 0.2) is 71.8 Å². The second-order valence-electron chi connectivity index (χ2n) is 7.81. The van der Waals surface area contributed by atoms with Gasteiger partial charge in [-0.25, -0.2) is 12.8 Å². The minimum atomic E-state index is -3.61. The molecule has 0 aliphatic rings. The molecule has 0 bridgehead atoms. The van der Waals surface area contributed by atoms with Crippen molar-refractivity contribution >= 4 is 43.9 Å². The number of anilines is 1. The third-order valence-electron chi connectivity index (χ3n) is 5.39. The van der Waals surface area contributed by atoms with Crippen LogP contribution in [0.5, 0.6) is 0 Å². The van der Waals surface area contributed by atoms with E-state index in [1.807, 2.05) is 6.92 Å². The number of aromatic nitrogens is 2.